The number of aliphatic carboxylic acids is 1. The van der Waals surface area contributed by atoms with Gasteiger partial charge in [0.2, 0.25) is 0 Å². The monoisotopic (exact) mass is 363 g/mol. The van der Waals surface area contributed by atoms with Crippen LogP contribution in [0, 0.1) is 11.3 Å². The third kappa shape index (κ3) is 7.63. The van der Waals surface area contributed by atoms with Gasteiger partial charge in [0, 0.05) is 12.7 Å². The van der Waals surface area contributed by atoms with Crippen molar-refractivity contribution in [3.05, 3.63) is 41.6 Å². The lowest BCUT2D eigenvalue weighted by Gasteiger charge is -2.12. The first kappa shape index (κ1) is 20.4. The van der Waals surface area contributed by atoms with Gasteiger partial charge < -0.3 is 20.8 Å². The summed E-state index contributed by atoms with van der Waals surface area (Å²) in [5.41, 5.74) is 0.753. The number of carbonyl (C=O) groups is 2. The van der Waals surface area contributed by atoms with Gasteiger partial charge in [-0.2, -0.15) is 17.0 Å². The van der Waals surface area contributed by atoms with E-state index in [1.54, 1.807) is 30.3 Å². The number of carboxylic acid groups (broad SMARTS) is 1. The predicted molar refractivity (Wildman–Crippen MR) is 96.1 cm³/mol. The second-order valence-corrected chi connectivity index (χ2v) is 6.17. The molecule has 0 heterocycles. The number of hydrogen-bond donors (Lipinski definition) is 4. The molecule has 8 heteroatoms. The van der Waals surface area contributed by atoms with Gasteiger partial charge in [-0.1, -0.05) is 12.1 Å². The molecule has 1 aromatic rings. The normalized spacial score (nSPS) is 12.1. The Balaban J connectivity index is 2.53. The lowest BCUT2D eigenvalue weighted by molar-refractivity contribution is -0.139. The molecule has 1 aromatic carbocycles. The predicted octanol–water partition coefficient (Wildman–Crippen LogP) is 1.25. The number of nitrogens with one attached hydrogen (secondary N) is 2. The van der Waals surface area contributed by atoms with E-state index in [-0.39, 0.29) is 11.3 Å². The van der Waals surface area contributed by atoms with Crippen LogP contribution in [0.2, 0.25) is 0 Å². The fourth-order valence-electron chi connectivity index (χ4n) is 1.92. The number of amides is 1. The Morgan fingerprint density at radius 2 is 2.04 bits per heavy atom. The van der Waals surface area contributed by atoms with E-state index >= 15 is 0 Å². The molecule has 0 saturated heterocycles. The second-order valence-electron chi connectivity index (χ2n) is 5.18. The molecule has 25 heavy (non-hydrogen) atoms. The van der Waals surface area contributed by atoms with E-state index in [9.17, 15) is 14.7 Å². The fraction of sp³-hybridized carbons (Fsp3) is 0.353. The number of thioether (sulfide) groups is 1. The molecule has 4 N–H and O–H groups in total. The molecule has 0 spiro atoms. The van der Waals surface area contributed by atoms with E-state index in [1.165, 1.54) is 11.8 Å². The van der Waals surface area contributed by atoms with Gasteiger partial charge in [0.25, 0.3) is 5.91 Å². The summed E-state index contributed by atoms with van der Waals surface area (Å²) in [6, 6.07) is 7.52. The Bertz CT molecular complexity index is 653. The number of carbonyl (C=O) groups excluding carboxylic acids is 1. The Morgan fingerprint density at radius 3 is 2.60 bits per heavy atom. The van der Waals surface area contributed by atoms with E-state index in [0.717, 1.165) is 11.8 Å². The number of nitrogens with zero attached hydrogens (tertiary/aromatic N) is 1. The lowest BCUT2D eigenvalue weighted by Crippen LogP contribution is -2.35. The van der Waals surface area contributed by atoms with Crippen molar-refractivity contribution in [1.29, 1.82) is 5.26 Å². The summed E-state index contributed by atoms with van der Waals surface area (Å²) >= 11 is 1.52. The number of carboxylic acids is 1. The molecule has 0 saturated carbocycles. The number of benzene rings is 1. The van der Waals surface area contributed by atoms with E-state index < -0.39 is 17.9 Å². The van der Waals surface area contributed by atoms with Crippen molar-refractivity contribution in [3.63, 3.8) is 0 Å². The van der Waals surface area contributed by atoms with Crippen molar-refractivity contribution in [3.8, 4) is 11.8 Å². The smallest absolute Gasteiger partial charge is 0.326 e. The Kier molecular flexibility index (Phi) is 8.96. The summed E-state index contributed by atoms with van der Waals surface area (Å²) in [7, 11) is 0. The van der Waals surface area contributed by atoms with Crippen molar-refractivity contribution < 1.29 is 19.8 Å². The van der Waals surface area contributed by atoms with Gasteiger partial charge >= 0.3 is 5.97 Å². The molecule has 0 aromatic heterocycles. The van der Waals surface area contributed by atoms with Crippen LogP contribution < -0.4 is 10.6 Å². The Hall–Kier alpha value is -2.66. The van der Waals surface area contributed by atoms with Gasteiger partial charge in [-0.05, 0) is 42.5 Å². The summed E-state index contributed by atoms with van der Waals surface area (Å²) in [5, 5.41) is 32.6. The summed E-state index contributed by atoms with van der Waals surface area (Å²) in [5.74, 6) is -0.778. The largest absolute Gasteiger partial charge is 0.508 e. The average Bonchev–Trinajstić information content (AvgIpc) is 2.59. The minimum atomic E-state index is -1.03. The molecule has 1 unspecified atom stereocenters. The van der Waals surface area contributed by atoms with Crippen molar-refractivity contribution in [2.24, 2.45) is 0 Å². The number of phenolic OH excluding ortho intramolecular Hbond substituents is 1. The molecule has 7 nitrogen and oxygen atoms in total. The van der Waals surface area contributed by atoms with Crippen LogP contribution in [-0.4, -0.2) is 46.7 Å². The van der Waals surface area contributed by atoms with Gasteiger partial charge in [0.1, 0.15) is 23.4 Å². The molecular weight excluding hydrogens is 342 g/mol. The number of rotatable bonds is 10. The summed E-state index contributed by atoms with van der Waals surface area (Å²) in [6.45, 7) is 0.317. The average molecular weight is 363 g/mol. The molecule has 1 amide bonds. The minimum Gasteiger partial charge on any atom is -0.508 e. The number of phenols is 1. The van der Waals surface area contributed by atoms with Gasteiger partial charge in [0.15, 0.2) is 0 Å². The molecule has 0 fully saturated rings. The van der Waals surface area contributed by atoms with Crippen LogP contribution in [0.3, 0.4) is 0 Å². The molecule has 0 aliphatic carbocycles. The standard InChI is InChI=1S/C17H21N3O4S/c1-25-9-7-15(17(23)24)20-11-13(10-18)16(22)19-8-6-12-2-4-14(21)5-3-12/h2-5,11,15,20-21H,6-9H2,1H3,(H,19,22)(H,23,24)/b13-11-. The van der Waals surface area contributed by atoms with Crippen molar-refractivity contribution in [1.82, 2.24) is 10.6 Å². The first-order chi connectivity index (χ1) is 12.0. The SMILES string of the molecule is CSCCC(N/C=C(/C#N)C(=O)NCCc1ccc(O)cc1)C(=O)O. The van der Waals surface area contributed by atoms with Gasteiger partial charge in [0.05, 0.1) is 0 Å². The molecule has 0 aliphatic heterocycles. The van der Waals surface area contributed by atoms with E-state index in [1.807, 2.05) is 6.26 Å². The highest BCUT2D eigenvalue weighted by Crippen LogP contribution is 2.09. The maximum absolute atomic E-state index is 12.0. The number of hydrogen-bond acceptors (Lipinski definition) is 6. The van der Waals surface area contributed by atoms with Crippen LogP contribution >= 0.6 is 11.8 Å². The van der Waals surface area contributed by atoms with Crippen molar-refractivity contribution in [2.45, 2.75) is 18.9 Å². The maximum Gasteiger partial charge on any atom is 0.326 e. The van der Waals surface area contributed by atoms with E-state index in [0.29, 0.717) is 25.1 Å². The van der Waals surface area contributed by atoms with Crippen LogP contribution in [0.15, 0.2) is 36.0 Å². The summed E-state index contributed by atoms with van der Waals surface area (Å²) in [6.07, 6.45) is 3.95. The number of aromatic hydroxyl groups is 1. The van der Waals surface area contributed by atoms with Crippen molar-refractivity contribution >= 4 is 23.6 Å². The molecule has 134 valence electrons. The summed E-state index contributed by atoms with van der Waals surface area (Å²) < 4.78 is 0. The lowest BCUT2D eigenvalue weighted by atomic mass is 10.1. The Labute approximate surface area is 150 Å². The highest BCUT2D eigenvalue weighted by Gasteiger charge is 2.16. The van der Waals surface area contributed by atoms with Crippen LogP contribution in [0.5, 0.6) is 5.75 Å². The summed E-state index contributed by atoms with van der Waals surface area (Å²) in [4.78, 5) is 23.1. The van der Waals surface area contributed by atoms with E-state index in [4.69, 9.17) is 10.4 Å². The molecule has 1 atom stereocenters. The molecule has 1 rings (SSSR count). The zero-order chi connectivity index (χ0) is 18.7. The van der Waals surface area contributed by atoms with Crippen LogP contribution in [0.4, 0.5) is 0 Å². The third-order valence-corrected chi connectivity index (χ3v) is 3.98. The molecular formula is C17H21N3O4S. The van der Waals surface area contributed by atoms with Crippen LogP contribution in [0.25, 0.3) is 0 Å². The van der Waals surface area contributed by atoms with Gasteiger partial charge in [-0.25, -0.2) is 4.79 Å². The Morgan fingerprint density at radius 1 is 1.36 bits per heavy atom. The second kappa shape index (κ2) is 11.0. The number of nitriles is 1. The molecule has 0 radical (unpaired) electrons. The molecule has 0 bridgehead atoms. The minimum absolute atomic E-state index is 0.169. The highest BCUT2D eigenvalue weighted by atomic mass is 32.2. The first-order valence-corrected chi connectivity index (χ1v) is 9.01. The topological polar surface area (TPSA) is 122 Å². The zero-order valence-electron chi connectivity index (χ0n) is 13.9. The highest BCUT2D eigenvalue weighted by molar-refractivity contribution is 7.98. The van der Waals surface area contributed by atoms with Crippen LogP contribution in [0.1, 0.15) is 12.0 Å². The zero-order valence-corrected chi connectivity index (χ0v) is 14.7. The van der Waals surface area contributed by atoms with Crippen molar-refractivity contribution in [2.75, 3.05) is 18.6 Å². The van der Waals surface area contributed by atoms with Gasteiger partial charge in [-0.3, -0.25) is 4.79 Å². The van der Waals surface area contributed by atoms with E-state index in [2.05, 4.69) is 10.6 Å². The fourth-order valence-corrected chi connectivity index (χ4v) is 2.40. The van der Waals surface area contributed by atoms with Gasteiger partial charge in [-0.15, -0.1) is 0 Å². The maximum atomic E-state index is 12.0. The molecule has 0 aliphatic rings. The quantitative estimate of drug-likeness (QED) is 0.364. The third-order valence-electron chi connectivity index (χ3n) is 3.34. The van der Waals surface area contributed by atoms with Crippen LogP contribution in [-0.2, 0) is 16.0 Å². The first-order valence-electron chi connectivity index (χ1n) is 7.62.